The second-order valence-corrected chi connectivity index (χ2v) is 5.21. The summed E-state index contributed by atoms with van der Waals surface area (Å²) in [5.74, 6) is 0.335. The van der Waals surface area contributed by atoms with Gasteiger partial charge < -0.3 is 10.6 Å². The van der Waals surface area contributed by atoms with E-state index in [0.717, 1.165) is 23.5 Å². The molecule has 0 aliphatic rings. The Kier molecular flexibility index (Phi) is 4.81. The summed E-state index contributed by atoms with van der Waals surface area (Å²) in [6, 6.07) is 16.8. The zero-order chi connectivity index (χ0) is 16.8. The van der Waals surface area contributed by atoms with Crippen LogP contribution in [0.3, 0.4) is 0 Å². The van der Waals surface area contributed by atoms with E-state index in [2.05, 4.69) is 20.6 Å². The molecule has 3 rings (SSSR count). The third kappa shape index (κ3) is 3.76. The van der Waals surface area contributed by atoms with Gasteiger partial charge in [0.1, 0.15) is 5.82 Å². The van der Waals surface area contributed by atoms with Crippen LogP contribution in [0.4, 0.5) is 11.5 Å². The highest BCUT2D eigenvalue weighted by atomic mass is 16.1. The summed E-state index contributed by atoms with van der Waals surface area (Å²) in [6.45, 7) is 2.85. The molecule has 0 radical (unpaired) electrons. The lowest BCUT2D eigenvalue weighted by atomic mass is 10.1. The first-order chi connectivity index (χ1) is 11.8. The van der Waals surface area contributed by atoms with E-state index in [9.17, 15) is 4.79 Å². The van der Waals surface area contributed by atoms with E-state index >= 15 is 0 Å². The van der Waals surface area contributed by atoms with Gasteiger partial charge in [-0.2, -0.15) is 0 Å². The van der Waals surface area contributed by atoms with Crippen molar-refractivity contribution in [2.75, 3.05) is 17.2 Å². The first-order valence-electron chi connectivity index (χ1n) is 7.79. The fourth-order valence-corrected chi connectivity index (χ4v) is 2.29. The standard InChI is InChI=1S/C19H18N4O/c1-2-20-16-10-11-18(22-13-16)23-19(24)15-8-6-14(7-9-15)17-5-3-4-12-21-17/h3-13,20H,2H2,1H3,(H,22,23,24). The van der Waals surface area contributed by atoms with Gasteiger partial charge in [0.15, 0.2) is 0 Å². The normalized spacial score (nSPS) is 10.2. The number of rotatable bonds is 5. The van der Waals surface area contributed by atoms with Crippen LogP contribution in [0.15, 0.2) is 67.0 Å². The second-order valence-electron chi connectivity index (χ2n) is 5.21. The fraction of sp³-hybridized carbons (Fsp3) is 0.105. The second kappa shape index (κ2) is 7.37. The molecule has 0 aliphatic heterocycles. The summed E-state index contributed by atoms with van der Waals surface area (Å²) >= 11 is 0. The zero-order valence-corrected chi connectivity index (χ0v) is 13.4. The molecular formula is C19H18N4O. The first-order valence-corrected chi connectivity index (χ1v) is 7.79. The number of carbonyl (C=O) groups is 1. The predicted molar refractivity (Wildman–Crippen MR) is 96.0 cm³/mol. The molecule has 1 aromatic carbocycles. The average Bonchev–Trinajstić information content (AvgIpc) is 2.64. The minimum atomic E-state index is -0.189. The molecule has 2 N–H and O–H groups in total. The maximum absolute atomic E-state index is 12.3. The quantitative estimate of drug-likeness (QED) is 0.750. The Hall–Kier alpha value is -3.21. The third-order valence-electron chi connectivity index (χ3n) is 3.49. The van der Waals surface area contributed by atoms with Gasteiger partial charge in [0, 0.05) is 23.9 Å². The Balaban J connectivity index is 1.69. The maximum Gasteiger partial charge on any atom is 0.256 e. The number of amides is 1. The Morgan fingerprint density at radius 1 is 1.00 bits per heavy atom. The summed E-state index contributed by atoms with van der Waals surface area (Å²) < 4.78 is 0. The number of pyridine rings is 2. The van der Waals surface area contributed by atoms with E-state index in [0.29, 0.717) is 11.4 Å². The number of carbonyl (C=O) groups excluding carboxylic acids is 1. The van der Waals surface area contributed by atoms with Gasteiger partial charge in [-0.3, -0.25) is 9.78 Å². The van der Waals surface area contributed by atoms with E-state index in [1.54, 1.807) is 30.6 Å². The van der Waals surface area contributed by atoms with Crippen molar-refractivity contribution in [3.63, 3.8) is 0 Å². The number of hydrogen-bond donors (Lipinski definition) is 2. The van der Waals surface area contributed by atoms with Gasteiger partial charge in [-0.1, -0.05) is 18.2 Å². The van der Waals surface area contributed by atoms with Gasteiger partial charge >= 0.3 is 0 Å². The van der Waals surface area contributed by atoms with E-state index in [1.807, 2.05) is 43.3 Å². The van der Waals surface area contributed by atoms with E-state index < -0.39 is 0 Å². The van der Waals surface area contributed by atoms with Crippen LogP contribution in [0.25, 0.3) is 11.3 Å². The van der Waals surface area contributed by atoms with Gasteiger partial charge in [0.2, 0.25) is 0 Å². The van der Waals surface area contributed by atoms with Crippen LogP contribution in [0.5, 0.6) is 0 Å². The van der Waals surface area contributed by atoms with Crippen LogP contribution in [0.2, 0.25) is 0 Å². The SMILES string of the molecule is CCNc1ccc(NC(=O)c2ccc(-c3ccccn3)cc2)nc1. The Bertz CT molecular complexity index is 799. The van der Waals surface area contributed by atoms with Crippen LogP contribution in [-0.2, 0) is 0 Å². The Morgan fingerprint density at radius 2 is 1.83 bits per heavy atom. The van der Waals surface area contributed by atoms with Crippen molar-refractivity contribution in [3.05, 3.63) is 72.6 Å². The molecule has 0 aliphatic carbocycles. The first kappa shape index (κ1) is 15.7. The average molecular weight is 318 g/mol. The van der Waals surface area contributed by atoms with E-state index in [-0.39, 0.29) is 5.91 Å². The molecule has 0 spiro atoms. The third-order valence-corrected chi connectivity index (χ3v) is 3.49. The molecule has 2 heterocycles. The molecule has 5 heteroatoms. The number of aromatic nitrogens is 2. The van der Waals surface area contributed by atoms with Gasteiger partial charge in [0.05, 0.1) is 17.6 Å². The summed E-state index contributed by atoms with van der Waals surface area (Å²) in [6.07, 6.45) is 3.45. The van der Waals surface area contributed by atoms with Crippen molar-refractivity contribution < 1.29 is 4.79 Å². The molecule has 2 aromatic heterocycles. The van der Waals surface area contributed by atoms with Crippen molar-refractivity contribution in [2.45, 2.75) is 6.92 Å². The molecule has 0 atom stereocenters. The fourth-order valence-electron chi connectivity index (χ4n) is 2.29. The van der Waals surface area contributed by atoms with Crippen LogP contribution >= 0.6 is 0 Å². The number of nitrogens with zero attached hydrogens (tertiary/aromatic N) is 2. The monoisotopic (exact) mass is 318 g/mol. The molecular weight excluding hydrogens is 300 g/mol. The number of benzene rings is 1. The van der Waals surface area contributed by atoms with E-state index in [4.69, 9.17) is 0 Å². The number of anilines is 2. The topological polar surface area (TPSA) is 66.9 Å². The zero-order valence-electron chi connectivity index (χ0n) is 13.4. The van der Waals surface area contributed by atoms with Crippen molar-refractivity contribution >= 4 is 17.4 Å². The van der Waals surface area contributed by atoms with Crippen molar-refractivity contribution in [2.24, 2.45) is 0 Å². The smallest absolute Gasteiger partial charge is 0.256 e. The molecule has 5 nitrogen and oxygen atoms in total. The molecule has 0 bridgehead atoms. The van der Waals surface area contributed by atoms with Crippen molar-refractivity contribution in [1.29, 1.82) is 0 Å². The Labute approximate surface area is 140 Å². The number of nitrogens with one attached hydrogen (secondary N) is 2. The largest absolute Gasteiger partial charge is 0.384 e. The van der Waals surface area contributed by atoms with Crippen molar-refractivity contribution in [3.8, 4) is 11.3 Å². The highest BCUT2D eigenvalue weighted by Gasteiger charge is 2.07. The minimum Gasteiger partial charge on any atom is -0.384 e. The van der Waals surface area contributed by atoms with Crippen LogP contribution in [0.1, 0.15) is 17.3 Å². The molecule has 24 heavy (non-hydrogen) atoms. The van der Waals surface area contributed by atoms with Gasteiger partial charge in [-0.05, 0) is 43.3 Å². The lowest BCUT2D eigenvalue weighted by molar-refractivity contribution is 0.102. The van der Waals surface area contributed by atoms with Crippen LogP contribution < -0.4 is 10.6 Å². The highest BCUT2D eigenvalue weighted by Crippen LogP contribution is 2.17. The lowest BCUT2D eigenvalue weighted by Gasteiger charge is -2.07. The van der Waals surface area contributed by atoms with Gasteiger partial charge in [-0.15, -0.1) is 0 Å². The molecule has 0 saturated carbocycles. The molecule has 0 unspecified atom stereocenters. The summed E-state index contributed by atoms with van der Waals surface area (Å²) in [5.41, 5.74) is 3.35. The Morgan fingerprint density at radius 3 is 2.46 bits per heavy atom. The predicted octanol–water partition coefficient (Wildman–Crippen LogP) is 3.83. The number of hydrogen-bond acceptors (Lipinski definition) is 4. The summed E-state index contributed by atoms with van der Waals surface area (Å²) in [7, 11) is 0. The summed E-state index contributed by atoms with van der Waals surface area (Å²) in [5, 5.41) is 5.95. The molecule has 0 fully saturated rings. The van der Waals surface area contributed by atoms with Crippen LogP contribution in [0, 0.1) is 0 Å². The molecule has 3 aromatic rings. The maximum atomic E-state index is 12.3. The molecule has 120 valence electrons. The van der Waals surface area contributed by atoms with E-state index in [1.165, 1.54) is 0 Å². The van der Waals surface area contributed by atoms with Gasteiger partial charge in [-0.25, -0.2) is 4.98 Å². The highest BCUT2D eigenvalue weighted by molar-refractivity contribution is 6.04. The lowest BCUT2D eigenvalue weighted by Crippen LogP contribution is -2.12. The molecule has 0 saturated heterocycles. The van der Waals surface area contributed by atoms with Crippen molar-refractivity contribution in [1.82, 2.24) is 9.97 Å². The molecule has 1 amide bonds. The van der Waals surface area contributed by atoms with Gasteiger partial charge in [0.25, 0.3) is 5.91 Å². The van der Waals surface area contributed by atoms with Crippen LogP contribution in [-0.4, -0.2) is 22.4 Å². The minimum absolute atomic E-state index is 0.189. The summed E-state index contributed by atoms with van der Waals surface area (Å²) in [4.78, 5) is 20.8.